The van der Waals surface area contributed by atoms with Gasteiger partial charge in [0.05, 0.1) is 11.3 Å². The van der Waals surface area contributed by atoms with E-state index in [4.69, 9.17) is 5.11 Å². The fourth-order valence-corrected chi connectivity index (χ4v) is 2.16. The second-order valence-electron chi connectivity index (χ2n) is 3.75. The van der Waals surface area contributed by atoms with Crippen molar-refractivity contribution in [3.8, 4) is 0 Å². The van der Waals surface area contributed by atoms with Crippen LogP contribution in [0.2, 0.25) is 0 Å². The largest absolute Gasteiger partial charge is 0.478 e. The molecule has 0 bridgehead atoms. The van der Waals surface area contributed by atoms with E-state index in [-0.39, 0.29) is 0 Å². The van der Waals surface area contributed by atoms with E-state index in [1.54, 1.807) is 18.2 Å². The number of nitrogens with zero attached hydrogens (tertiary/aromatic N) is 1. The standard InChI is InChI=1S/C12H12N2O2S/c1-7-5-9(11(15)16)3-4-10(7)14-12-13-8(2)6-17-12/h3-6H,1-2H3,(H,13,14)(H,15,16). The fourth-order valence-electron chi connectivity index (χ4n) is 1.46. The molecule has 0 aliphatic heterocycles. The highest BCUT2D eigenvalue weighted by atomic mass is 32.1. The van der Waals surface area contributed by atoms with Crippen molar-refractivity contribution in [3.05, 3.63) is 40.4 Å². The van der Waals surface area contributed by atoms with Crippen molar-refractivity contribution in [1.82, 2.24) is 4.98 Å². The monoisotopic (exact) mass is 248 g/mol. The number of aromatic nitrogens is 1. The summed E-state index contributed by atoms with van der Waals surface area (Å²) < 4.78 is 0. The van der Waals surface area contributed by atoms with Gasteiger partial charge in [-0.3, -0.25) is 0 Å². The first-order chi connectivity index (χ1) is 8.06. The molecule has 0 saturated carbocycles. The minimum absolute atomic E-state index is 0.295. The molecule has 0 atom stereocenters. The van der Waals surface area contributed by atoms with E-state index in [2.05, 4.69) is 10.3 Å². The molecule has 2 N–H and O–H groups in total. The molecule has 1 aromatic carbocycles. The van der Waals surface area contributed by atoms with Gasteiger partial charge in [0.2, 0.25) is 0 Å². The van der Waals surface area contributed by atoms with Crippen LogP contribution in [0.25, 0.3) is 0 Å². The molecule has 0 saturated heterocycles. The summed E-state index contributed by atoms with van der Waals surface area (Å²) in [5.41, 5.74) is 3.03. The number of aromatic carboxylic acids is 1. The first-order valence-electron chi connectivity index (χ1n) is 5.09. The first kappa shape index (κ1) is 11.6. The normalized spacial score (nSPS) is 10.2. The van der Waals surface area contributed by atoms with Gasteiger partial charge in [-0.15, -0.1) is 11.3 Å². The lowest BCUT2D eigenvalue weighted by Gasteiger charge is -2.07. The Balaban J connectivity index is 2.25. The number of benzene rings is 1. The van der Waals surface area contributed by atoms with E-state index in [1.807, 2.05) is 19.2 Å². The van der Waals surface area contributed by atoms with Gasteiger partial charge in [-0.2, -0.15) is 0 Å². The van der Waals surface area contributed by atoms with Crippen LogP contribution in [-0.4, -0.2) is 16.1 Å². The molecule has 0 aliphatic rings. The van der Waals surface area contributed by atoms with Gasteiger partial charge in [-0.1, -0.05) is 0 Å². The molecule has 1 heterocycles. The Morgan fingerprint density at radius 3 is 2.71 bits per heavy atom. The lowest BCUT2D eigenvalue weighted by Crippen LogP contribution is -1.99. The number of anilines is 2. The summed E-state index contributed by atoms with van der Waals surface area (Å²) in [7, 11) is 0. The van der Waals surface area contributed by atoms with Gasteiger partial charge in [0.15, 0.2) is 5.13 Å². The lowest BCUT2D eigenvalue weighted by molar-refractivity contribution is 0.0697. The Morgan fingerprint density at radius 2 is 2.18 bits per heavy atom. The number of carbonyl (C=O) groups is 1. The van der Waals surface area contributed by atoms with E-state index in [9.17, 15) is 4.79 Å². The van der Waals surface area contributed by atoms with Gasteiger partial charge in [-0.25, -0.2) is 9.78 Å². The first-order valence-corrected chi connectivity index (χ1v) is 5.97. The van der Waals surface area contributed by atoms with E-state index < -0.39 is 5.97 Å². The minimum atomic E-state index is -0.912. The zero-order valence-corrected chi connectivity index (χ0v) is 10.3. The minimum Gasteiger partial charge on any atom is -0.478 e. The summed E-state index contributed by atoms with van der Waals surface area (Å²) >= 11 is 1.53. The van der Waals surface area contributed by atoms with Crippen LogP contribution in [0.3, 0.4) is 0 Å². The quantitative estimate of drug-likeness (QED) is 0.875. The number of rotatable bonds is 3. The van der Waals surface area contributed by atoms with Crippen LogP contribution in [0.1, 0.15) is 21.6 Å². The van der Waals surface area contributed by atoms with E-state index >= 15 is 0 Å². The summed E-state index contributed by atoms with van der Waals surface area (Å²) in [5.74, 6) is -0.912. The summed E-state index contributed by atoms with van der Waals surface area (Å²) in [5, 5.41) is 14.8. The zero-order valence-electron chi connectivity index (χ0n) is 9.52. The Labute approximate surface area is 103 Å². The van der Waals surface area contributed by atoms with Crippen LogP contribution in [0, 0.1) is 13.8 Å². The van der Waals surface area contributed by atoms with Gasteiger partial charge in [-0.05, 0) is 37.6 Å². The molecule has 0 aliphatic carbocycles. The Kier molecular flexibility index (Phi) is 3.10. The Morgan fingerprint density at radius 1 is 1.41 bits per heavy atom. The smallest absolute Gasteiger partial charge is 0.335 e. The van der Waals surface area contributed by atoms with Crippen LogP contribution >= 0.6 is 11.3 Å². The Hall–Kier alpha value is -1.88. The van der Waals surface area contributed by atoms with Crippen molar-refractivity contribution < 1.29 is 9.90 Å². The van der Waals surface area contributed by atoms with Crippen molar-refractivity contribution >= 4 is 28.1 Å². The van der Waals surface area contributed by atoms with Gasteiger partial charge >= 0.3 is 5.97 Å². The lowest BCUT2D eigenvalue weighted by atomic mass is 10.1. The summed E-state index contributed by atoms with van der Waals surface area (Å²) in [4.78, 5) is 15.1. The Bertz CT molecular complexity index is 563. The van der Waals surface area contributed by atoms with Gasteiger partial charge in [0.1, 0.15) is 0 Å². The zero-order chi connectivity index (χ0) is 12.4. The van der Waals surface area contributed by atoms with Crippen LogP contribution in [0.15, 0.2) is 23.6 Å². The molecule has 88 valence electrons. The maximum atomic E-state index is 10.8. The SMILES string of the molecule is Cc1csc(Nc2ccc(C(=O)O)cc2C)n1. The molecule has 17 heavy (non-hydrogen) atoms. The number of nitrogens with one attached hydrogen (secondary N) is 1. The van der Waals surface area contributed by atoms with Crippen molar-refractivity contribution in [2.24, 2.45) is 0 Å². The third-order valence-electron chi connectivity index (χ3n) is 2.33. The maximum Gasteiger partial charge on any atom is 0.335 e. The van der Waals surface area contributed by atoms with Crippen molar-refractivity contribution in [3.63, 3.8) is 0 Å². The van der Waals surface area contributed by atoms with Crippen LogP contribution < -0.4 is 5.32 Å². The molecule has 0 fully saturated rings. The number of hydrogen-bond donors (Lipinski definition) is 2. The number of carboxylic acids is 1. The second kappa shape index (κ2) is 4.55. The molecule has 2 aromatic rings. The number of thiazole rings is 1. The highest BCUT2D eigenvalue weighted by Gasteiger charge is 2.06. The summed E-state index contributed by atoms with van der Waals surface area (Å²) in [6.45, 7) is 3.80. The van der Waals surface area contributed by atoms with Gasteiger partial charge in [0, 0.05) is 11.1 Å². The molecule has 2 rings (SSSR count). The molecule has 0 amide bonds. The summed E-state index contributed by atoms with van der Waals surface area (Å²) in [6.07, 6.45) is 0. The average Bonchev–Trinajstić information content (AvgIpc) is 2.67. The highest BCUT2D eigenvalue weighted by molar-refractivity contribution is 7.13. The highest BCUT2D eigenvalue weighted by Crippen LogP contribution is 2.24. The molecule has 1 aromatic heterocycles. The van der Waals surface area contributed by atoms with Crippen LogP contribution in [-0.2, 0) is 0 Å². The maximum absolute atomic E-state index is 10.8. The summed E-state index contributed by atoms with van der Waals surface area (Å²) in [6, 6.07) is 4.98. The molecular formula is C12H12N2O2S. The molecule has 4 nitrogen and oxygen atoms in total. The second-order valence-corrected chi connectivity index (χ2v) is 4.61. The third kappa shape index (κ3) is 2.62. The van der Waals surface area contributed by atoms with E-state index in [1.165, 1.54) is 11.3 Å². The van der Waals surface area contributed by atoms with Crippen molar-refractivity contribution in [1.29, 1.82) is 0 Å². The van der Waals surface area contributed by atoms with Crippen molar-refractivity contribution in [2.75, 3.05) is 5.32 Å². The number of aryl methyl sites for hydroxylation is 2. The van der Waals surface area contributed by atoms with Gasteiger partial charge < -0.3 is 10.4 Å². The van der Waals surface area contributed by atoms with E-state index in [0.29, 0.717) is 5.56 Å². The fraction of sp³-hybridized carbons (Fsp3) is 0.167. The van der Waals surface area contributed by atoms with Crippen LogP contribution in [0.4, 0.5) is 10.8 Å². The van der Waals surface area contributed by atoms with Gasteiger partial charge in [0.25, 0.3) is 0 Å². The average molecular weight is 248 g/mol. The topological polar surface area (TPSA) is 62.2 Å². The van der Waals surface area contributed by atoms with E-state index in [0.717, 1.165) is 22.1 Å². The number of carboxylic acid groups (broad SMARTS) is 1. The molecule has 0 spiro atoms. The molecule has 0 unspecified atom stereocenters. The predicted molar refractivity (Wildman–Crippen MR) is 68.3 cm³/mol. The van der Waals surface area contributed by atoms with Crippen LogP contribution in [0.5, 0.6) is 0 Å². The third-order valence-corrected chi connectivity index (χ3v) is 3.21. The molecule has 5 heteroatoms. The number of hydrogen-bond acceptors (Lipinski definition) is 4. The molecule has 0 radical (unpaired) electrons. The molecular weight excluding hydrogens is 236 g/mol. The predicted octanol–water partition coefficient (Wildman–Crippen LogP) is 3.20. The van der Waals surface area contributed by atoms with Crippen molar-refractivity contribution in [2.45, 2.75) is 13.8 Å².